The monoisotopic (exact) mass is 334 g/mol. The lowest BCUT2D eigenvalue weighted by molar-refractivity contribution is -0.00298. The quantitative estimate of drug-likeness (QED) is 0.933. The van der Waals surface area contributed by atoms with Crippen LogP contribution in [0.1, 0.15) is 59.1 Å². The minimum absolute atomic E-state index is 0.0192. The van der Waals surface area contributed by atoms with E-state index in [-0.39, 0.29) is 18.1 Å². The number of nitrogens with zero attached hydrogens (tertiary/aromatic N) is 3. The molecule has 0 aliphatic carbocycles. The zero-order chi connectivity index (χ0) is 16.4. The summed E-state index contributed by atoms with van der Waals surface area (Å²) >= 11 is 1.47. The van der Waals surface area contributed by atoms with Gasteiger partial charge in [0.05, 0.1) is 29.4 Å². The summed E-state index contributed by atoms with van der Waals surface area (Å²) in [5.74, 6) is 0.309. The molecular formula is C16H22N4O2S. The Morgan fingerprint density at radius 1 is 1.48 bits per heavy atom. The molecule has 124 valence electrons. The lowest BCUT2D eigenvalue weighted by Crippen LogP contribution is -2.39. The highest BCUT2D eigenvalue weighted by molar-refractivity contribution is 7.13. The number of carbonyl (C=O) groups excluding carboxylic acids is 1. The SMILES string of the molecule is CC(C)c1ncc(C(=O)NC2CCOC(c3cncn3C)C2)s1. The third-order valence-corrected chi connectivity index (χ3v) is 5.34. The molecule has 0 bridgehead atoms. The van der Waals surface area contributed by atoms with Crippen LogP contribution in [0.25, 0.3) is 0 Å². The molecule has 3 rings (SSSR count). The average molecular weight is 334 g/mol. The normalized spacial score (nSPS) is 21.6. The Kier molecular flexibility index (Phi) is 4.77. The van der Waals surface area contributed by atoms with Gasteiger partial charge in [-0.2, -0.15) is 0 Å². The van der Waals surface area contributed by atoms with Crippen molar-refractivity contribution >= 4 is 17.2 Å². The molecule has 3 heterocycles. The van der Waals surface area contributed by atoms with Gasteiger partial charge < -0.3 is 14.6 Å². The van der Waals surface area contributed by atoms with Crippen molar-refractivity contribution in [3.63, 3.8) is 0 Å². The topological polar surface area (TPSA) is 69.0 Å². The zero-order valence-corrected chi connectivity index (χ0v) is 14.5. The Morgan fingerprint density at radius 3 is 2.96 bits per heavy atom. The number of hydrogen-bond acceptors (Lipinski definition) is 5. The van der Waals surface area contributed by atoms with Gasteiger partial charge in [-0.25, -0.2) is 9.97 Å². The van der Waals surface area contributed by atoms with Crippen LogP contribution in [0.15, 0.2) is 18.7 Å². The predicted octanol–water partition coefficient (Wildman–Crippen LogP) is 2.65. The van der Waals surface area contributed by atoms with Gasteiger partial charge in [0.1, 0.15) is 11.0 Å². The third-order valence-electron chi connectivity index (χ3n) is 4.04. The molecule has 1 saturated heterocycles. The van der Waals surface area contributed by atoms with Gasteiger partial charge >= 0.3 is 0 Å². The number of aryl methyl sites for hydroxylation is 1. The molecule has 0 spiro atoms. The maximum Gasteiger partial charge on any atom is 0.263 e. The van der Waals surface area contributed by atoms with E-state index >= 15 is 0 Å². The van der Waals surface area contributed by atoms with Gasteiger partial charge in [-0.15, -0.1) is 11.3 Å². The molecule has 1 aliphatic rings. The van der Waals surface area contributed by atoms with Crippen molar-refractivity contribution in [2.75, 3.05) is 6.61 Å². The number of ether oxygens (including phenoxy) is 1. The summed E-state index contributed by atoms with van der Waals surface area (Å²) in [5, 5.41) is 4.12. The van der Waals surface area contributed by atoms with Crippen LogP contribution in [0.2, 0.25) is 0 Å². The first kappa shape index (κ1) is 16.1. The lowest BCUT2D eigenvalue weighted by atomic mass is 10.0. The Balaban J connectivity index is 1.63. The van der Waals surface area contributed by atoms with E-state index in [1.165, 1.54) is 11.3 Å². The number of imidazole rings is 1. The first-order valence-corrected chi connectivity index (χ1v) is 8.70. The molecule has 0 radical (unpaired) electrons. The second-order valence-electron chi connectivity index (χ2n) is 6.20. The molecule has 1 amide bonds. The van der Waals surface area contributed by atoms with Crippen LogP contribution in [0.3, 0.4) is 0 Å². The molecule has 1 N–H and O–H groups in total. The van der Waals surface area contributed by atoms with Crippen molar-refractivity contribution in [3.05, 3.63) is 34.3 Å². The smallest absolute Gasteiger partial charge is 0.263 e. The van der Waals surface area contributed by atoms with E-state index in [0.29, 0.717) is 17.4 Å². The largest absolute Gasteiger partial charge is 0.372 e. The van der Waals surface area contributed by atoms with E-state index in [1.807, 2.05) is 17.8 Å². The summed E-state index contributed by atoms with van der Waals surface area (Å²) in [6, 6.07) is 0.112. The number of rotatable bonds is 4. The minimum Gasteiger partial charge on any atom is -0.372 e. The molecule has 23 heavy (non-hydrogen) atoms. The van der Waals surface area contributed by atoms with Crippen molar-refractivity contribution in [1.29, 1.82) is 0 Å². The third kappa shape index (κ3) is 3.61. The fourth-order valence-electron chi connectivity index (χ4n) is 2.73. The highest BCUT2D eigenvalue weighted by Crippen LogP contribution is 2.28. The van der Waals surface area contributed by atoms with Gasteiger partial charge in [0.25, 0.3) is 5.91 Å². The Labute approximate surface area is 139 Å². The molecule has 7 heteroatoms. The highest BCUT2D eigenvalue weighted by atomic mass is 32.1. The number of amides is 1. The van der Waals surface area contributed by atoms with Crippen molar-refractivity contribution in [3.8, 4) is 0 Å². The van der Waals surface area contributed by atoms with Crippen LogP contribution in [0.5, 0.6) is 0 Å². The van der Waals surface area contributed by atoms with Gasteiger partial charge in [0, 0.05) is 25.6 Å². The van der Waals surface area contributed by atoms with Crippen LogP contribution in [-0.2, 0) is 11.8 Å². The van der Waals surface area contributed by atoms with Gasteiger partial charge in [-0.05, 0) is 12.8 Å². The molecular weight excluding hydrogens is 312 g/mol. The minimum atomic E-state index is -0.0370. The zero-order valence-electron chi connectivity index (χ0n) is 13.7. The van der Waals surface area contributed by atoms with Crippen LogP contribution in [-0.4, -0.2) is 33.1 Å². The predicted molar refractivity (Wildman–Crippen MR) is 88.6 cm³/mol. The van der Waals surface area contributed by atoms with Crippen molar-refractivity contribution < 1.29 is 9.53 Å². The van der Waals surface area contributed by atoms with Crippen molar-refractivity contribution in [2.45, 2.75) is 44.8 Å². The van der Waals surface area contributed by atoms with E-state index in [9.17, 15) is 4.79 Å². The highest BCUT2D eigenvalue weighted by Gasteiger charge is 2.27. The number of thiazole rings is 1. The van der Waals surface area contributed by atoms with Crippen molar-refractivity contribution in [1.82, 2.24) is 19.9 Å². The first-order valence-electron chi connectivity index (χ1n) is 7.89. The van der Waals surface area contributed by atoms with E-state index in [1.54, 1.807) is 12.5 Å². The molecule has 1 aliphatic heterocycles. The molecule has 1 fully saturated rings. The van der Waals surface area contributed by atoms with Gasteiger partial charge in [-0.3, -0.25) is 4.79 Å². The summed E-state index contributed by atoms with van der Waals surface area (Å²) in [4.78, 5) is 21.5. The second-order valence-corrected chi connectivity index (χ2v) is 7.26. The fourth-order valence-corrected chi connectivity index (χ4v) is 3.55. The summed E-state index contributed by atoms with van der Waals surface area (Å²) in [7, 11) is 1.96. The summed E-state index contributed by atoms with van der Waals surface area (Å²) < 4.78 is 7.80. The van der Waals surface area contributed by atoms with Crippen LogP contribution >= 0.6 is 11.3 Å². The van der Waals surface area contributed by atoms with Crippen LogP contribution in [0, 0.1) is 0 Å². The standard InChI is InChI=1S/C16H22N4O2S/c1-10(2)16-18-8-14(23-16)15(21)19-11-4-5-22-13(6-11)12-7-17-9-20(12)3/h7-11,13H,4-6H2,1-3H3,(H,19,21). The molecule has 2 aromatic rings. The molecule has 2 unspecified atom stereocenters. The number of carbonyl (C=O) groups is 1. The average Bonchev–Trinajstić information content (AvgIpc) is 3.16. The molecule has 2 atom stereocenters. The maximum atomic E-state index is 12.4. The van der Waals surface area contributed by atoms with E-state index in [4.69, 9.17) is 4.74 Å². The van der Waals surface area contributed by atoms with Crippen LogP contribution in [0.4, 0.5) is 0 Å². The van der Waals surface area contributed by atoms with E-state index < -0.39 is 0 Å². The van der Waals surface area contributed by atoms with Crippen LogP contribution < -0.4 is 5.32 Å². The summed E-state index contributed by atoms with van der Waals surface area (Å²) in [6.07, 6.45) is 6.84. The summed E-state index contributed by atoms with van der Waals surface area (Å²) in [6.45, 7) is 4.80. The number of aromatic nitrogens is 3. The Bertz CT molecular complexity index is 679. The lowest BCUT2D eigenvalue weighted by Gasteiger charge is -2.30. The van der Waals surface area contributed by atoms with Crippen molar-refractivity contribution in [2.24, 2.45) is 7.05 Å². The van der Waals surface area contributed by atoms with Gasteiger partial charge in [0.2, 0.25) is 0 Å². The summed E-state index contributed by atoms with van der Waals surface area (Å²) in [5.41, 5.74) is 1.05. The Hall–Kier alpha value is -1.73. The molecule has 2 aromatic heterocycles. The van der Waals surface area contributed by atoms with Gasteiger partial charge in [-0.1, -0.05) is 13.8 Å². The van der Waals surface area contributed by atoms with E-state index in [2.05, 4.69) is 29.1 Å². The number of hydrogen-bond donors (Lipinski definition) is 1. The Morgan fingerprint density at radius 2 is 2.30 bits per heavy atom. The van der Waals surface area contributed by atoms with Gasteiger partial charge in [0.15, 0.2) is 0 Å². The molecule has 6 nitrogen and oxygen atoms in total. The maximum absolute atomic E-state index is 12.4. The van der Waals surface area contributed by atoms with E-state index in [0.717, 1.165) is 23.5 Å². The fraction of sp³-hybridized carbons (Fsp3) is 0.562. The second kappa shape index (κ2) is 6.80. The first-order chi connectivity index (χ1) is 11.0. The molecule has 0 saturated carbocycles. The molecule has 0 aromatic carbocycles. The number of nitrogens with one attached hydrogen (secondary N) is 1.